The zero-order valence-corrected chi connectivity index (χ0v) is 15.9. The molecular weight excluding hydrogens is 299 g/mol. The SMILES string of the molecule is CCCCC(CC)COP(=O)(CC(CC)CCCC)OCO. The van der Waals surface area contributed by atoms with Crippen LogP contribution in [0.15, 0.2) is 0 Å². The van der Waals surface area contributed by atoms with Gasteiger partial charge in [0.2, 0.25) is 0 Å². The van der Waals surface area contributed by atoms with Crippen molar-refractivity contribution in [2.75, 3.05) is 19.6 Å². The summed E-state index contributed by atoms with van der Waals surface area (Å²) in [7, 11) is -3.18. The van der Waals surface area contributed by atoms with E-state index < -0.39 is 14.4 Å². The van der Waals surface area contributed by atoms with Crippen molar-refractivity contribution in [3.63, 3.8) is 0 Å². The van der Waals surface area contributed by atoms with E-state index in [1.54, 1.807) is 0 Å². The first-order valence-corrected chi connectivity index (χ1v) is 10.8. The van der Waals surface area contributed by atoms with Crippen LogP contribution in [0.5, 0.6) is 0 Å². The molecule has 0 aliphatic carbocycles. The molecule has 0 saturated heterocycles. The summed E-state index contributed by atoms with van der Waals surface area (Å²) in [6.45, 7) is 8.52. The molecule has 5 heteroatoms. The van der Waals surface area contributed by atoms with Crippen molar-refractivity contribution in [2.24, 2.45) is 11.8 Å². The molecule has 0 rings (SSSR count). The van der Waals surface area contributed by atoms with Gasteiger partial charge in [-0.1, -0.05) is 66.2 Å². The first-order chi connectivity index (χ1) is 10.5. The van der Waals surface area contributed by atoms with Crippen LogP contribution in [0.4, 0.5) is 0 Å². The van der Waals surface area contributed by atoms with Crippen molar-refractivity contribution in [2.45, 2.75) is 79.1 Å². The maximum absolute atomic E-state index is 12.8. The van der Waals surface area contributed by atoms with Crippen LogP contribution < -0.4 is 0 Å². The molecule has 134 valence electrons. The summed E-state index contributed by atoms with van der Waals surface area (Å²) in [5.74, 6) is 0.763. The van der Waals surface area contributed by atoms with Gasteiger partial charge in [-0.25, -0.2) is 0 Å². The highest BCUT2D eigenvalue weighted by molar-refractivity contribution is 7.53. The molecule has 0 aromatic rings. The van der Waals surface area contributed by atoms with Gasteiger partial charge >= 0.3 is 7.60 Å². The Bertz CT molecular complexity index is 296. The van der Waals surface area contributed by atoms with Crippen molar-refractivity contribution < 1.29 is 18.7 Å². The summed E-state index contributed by atoms with van der Waals surface area (Å²) in [5.41, 5.74) is 0. The van der Waals surface area contributed by atoms with Gasteiger partial charge in [0, 0.05) is 0 Å². The van der Waals surface area contributed by atoms with Gasteiger partial charge in [-0.05, 0) is 24.7 Å². The molecular formula is C17H37O4P. The zero-order valence-electron chi connectivity index (χ0n) is 15.1. The van der Waals surface area contributed by atoms with E-state index in [0.717, 1.165) is 44.9 Å². The van der Waals surface area contributed by atoms with Crippen LogP contribution >= 0.6 is 7.60 Å². The van der Waals surface area contributed by atoms with E-state index in [2.05, 4.69) is 27.7 Å². The standard InChI is InChI=1S/C17H37O4P/c1-5-9-11-16(7-3)13-20-22(19,21-15-18)14-17(8-4)12-10-6-2/h16-18H,5-15H2,1-4H3. The van der Waals surface area contributed by atoms with E-state index in [4.69, 9.17) is 14.2 Å². The first kappa shape index (κ1) is 22.1. The van der Waals surface area contributed by atoms with Crippen LogP contribution in [0.1, 0.15) is 79.1 Å². The Morgan fingerprint density at radius 1 is 0.909 bits per heavy atom. The second-order valence-electron chi connectivity index (χ2n) is 6.18. The quantitative estimate of drug-likeness (QED) is 0.312. The predicted molar refractivity (Wildman–Crippen MR) is 93.2 cm³/mol. The fraction of sp³-hybridized carbons (Fsp3) is 1.00. The zero-order chi connectivity index (χ0) is 16.8. The summed E-state index contributed by atoms with van der Waals surface area (Å²) in [6, 6.07) is 0. The Labute approximate surface area is 137 Å². The maximum Gasteiger partial charge on any atom is 0.333 e. The Morgan fingerprint density at radius 2 is 1.45 bits per heavy atom. The van der Waals surface area contributed by atoms with E-state index in [9.17, 15) is 4.57 Å². The lowest BCUT2D eigenvalue weighted by atomic mass is 10.0. The molecule has 0 bridgehead atoms. The molecule has 22 heavy (non-hydrogen) atoms. The largest absolute Gasteiger partial charge is 0.370 e. The average molecular weight is 336 g/mol. The van der Waals surface area contributed by atoms with Crippen LogP contribution in [0.2, 0.25) is 0 Å². The van der Waals surface area contributed by atoms with E-state index in [1.807, 2.05) is 0 Å². The van der Waals surface area contributed by atoms with E-state index in [-0.39, 0.29) is 0 Å². The monoisotopic (exact) mass is 336 g/mol. The van der Waals surface area contributed by atoms with Crippen LogP contribution in [0.25, 0.3) is 0 Å². The van der Waals surface area contributed by atoms with Gasteiger partial charge in [-0.2, -0.15) is 0 Å². The van der Waals surface area contributed by atoms with Crippen molar-refractivity contribution in [3.05, 3.63) is 0 Å². The third kappa shape index (κ3) is 9.99. The maximum atomic E-state index is 12.8. The number of aliphatic hydroxyl groups is 1. The van der Waals surface area contributed by atoms with Gasteiger partial charge in [-0.15, -0.1) is 0 Å². The van der Waals surface area contributed by atoms with E-state index in [0.29, 0.717) is 24.6 Å². The predicted octanol–water partition coefficient (Wildman–Crippen LogP) is 5.60. The molecule has 0 aliphatic rings. The topological polar surface area (TPSA) is 55.8 Å². The molecule has 4 nitrogen and oxygen atoms in total. The van der Waals surface area contributed by atoms with Crippen molar-refractivity contribution >= 4 is 7.60 Å². The minimum atomic E-state index is -3.18. The molecule has 0 saturated carbocycles. The summed E-state index contributed by atoms with van der Waals surface area (Å²) >= 11 is 0. The van der Waals surface area contributed by atoms with Crippen LogP contribution in [0, 0.1) is 11.8 Å². The number of hydrogen-bond acceptors (Lipinski definition) is 4. The second kappa shape index (κ2) is 13.5. The minimum Gasteiger partial charge on any atom is -0.370 e. The number of rotatable bonds is 15. The van der Waals surface area contributed by atoms with Gasteiger partial charge in [0.15, 0.2) is 6.79 Å². The molecule has 0 radical (unpaired) electrons. The van der Waals surface area contributed by atoms with Crippen LogP contribution in [-0.2, 0) is 13.6 Å². The van der Waals surface area contributed by atoms with Crippen molar-refractivity contribution in [1.29, 1.82) is 0 Å². The molecule has 0 spiro atoms. The average Bonchev–Trinajstić information content (AvgIpc) is 2.52. The lowest BCUT2D eigenvalue weighted by Gasteiger charge is -2.24. The summed E-state index contributed by atoms with van der Waals surface area (Å²) in [5, 5.41) is 9.05. The lowest BCUT2D eigenvalue weighted by molar-refractivity contribution is 0.0695. The molecule has 3 atom stereocenters. The molecule has 0 aromatic heterocycles. The summed E-state index contributed by atoms with van der Waals surface area (Å²) in [4.78, 5) is 0. The Hall–Kier alpha value is 0.110. The number of unbranched alkanes of at least 4 members (excludes halogenated alkanes) is 2. The van der Waals surface area contributed by atoms with Gasteiger partial charge < -0.3 is 9.63 Å². The highest BCUT2D eigenvalue weighted by atomic mass is 31.2. The molecule has 3 unspecified atom stereocenters. The summed E-state index contributed by atoms with van der Waals surface area (Å²) in [6.07, 6.45) is 9.15. The van der Waals surface area contributed by atoms with Gasteiger partial charge in [0.1, 0.15) is 0 Å². The molecule has 0 fully saturated rings. The highest BCUT2D eigenvalue weighted by Crippen LogP contribution is 2.51. The second-order valence-corrected chi connectivity index (χ2v) is 8.28. The first-order valence-electron chi connectivity index (χ1n) is 9.04. The minimum absolute atomic E-state index is 0.341. The Morgan fingerprint density at radius 3 is 1.91 bits per heavy atom. The fourth-order valence-corrected chi connectivity index (χ4v) is 4.55. The normalized spacial score (nSPS) is 17.1. The highest BCUT2D eigenvalue weighted by Gasteiger charge is 2.29. The van der Waals surface area contributed by atoms with Crippen molar-refractivity contribution in [1.82, 2.24) is 0 Å². The van der Waals surface area contributed by atoms with Crippen molar-refractivity contribution in [3.8, 4) is 0 Å². The van der Waals surface area contributed by atoms with Gasteiger partial charge in [0.05, 0.1) is 12.8 Å². The van der Waals surface area contributed by atoms with Crippen LogP contribution in [-0.4, -0.2) is 24.7 Å². The Kier molecular flexibility index (Phi) is 13.6. The Balaban J connectivity index is 4.54. The third-order valence-corrected chi connectivity index (χ3v) is 6.34. The number of hydrogen-bond donors (Lipinski definition) is 1. The van der Waals surface area contributed by atoms with E-state index >= 15 is 0 Å². The molecule has 0 aliphatic heterocycles. The number of aliphatic hydroxyl groups excluding tert-OH is 1. The fourth-order valence-electron chi connectivity index (χ4n) is 2.58. The summed E-state index contributed by atoms with van der Waals surface area (Å²) < 4.78 is 23.7. The third-order valence-electron chi connectivity index (χ3n) is 4.33. The molecule has 0 amide bonds. The lowest BCUT2D eigenvalue weighted by Crippen LogP contribution is -2.14. The van der Waals surface area contributed by atoms with E-state index in [1.165, 1.54) is 6.42 Å². The molecule has 0 heterocycles. The van der Waals surface area contributed by atoms with Gasteiger partial charge in [-0.3, -0.25) is 9.09 Å². The smallest absolute Gasteiger partial charge is 0.333 e. The molecule has 0 aromatic carbocycles. The molecule has 1 N–H and O–H groups in total. The van der Waals surface area contributed by atoms with Gasteiger partial charge in [0.25, 0.3) is 0 Å². The van der Waals surface area contributed by atoms with Crippen LogP contribution in [0.3, 0.4) is 0 Å².